The fourth-order valence-electron chi connectivity index (χ4n) is 6.02. The number of nitrogens with zero attached hydrogens (tertiary/aromatic N) is 2. The highest BCUT2D eigenvalue weighted by atomic mass is 16.5. The lowest BCUT2D eigenvalue weighted by Gasteiger charge is -2.52. The maximum absolute atomic E-state index is 11.2. The van der Waals surface area contributed by atoms with Crippen LogP contribution in [0.3, 0.4) is 0 Å². The van der Waals surface area contributed by atoms with Crippen molar-refractivity contribution in [1.82, 2.24) is 4.98 Å². The van der Waals surface area contributed by atoms with E-state index in [0.717, 1.165) is 31.4 Å². The Morgan fingerprint density at radius 2 is 1.94 bits per heavy atom. The van der Waals surface area contributed by atoms with Crippen molar-refractivity contribution >= 4 is 0 Å². The molecule has 1 N–H and O–H groups in total. The summed E-state index contributed by atoms with van der Waals surface area (Å²) in [7, 11) is 0. The molecule has 0 bridgehead atoms. The highest BCUT2D eigenvalue weighted by molar-refractivity contribution is 5.46. The van der Waals surface area contributed by atoms with Crippen molar-refractivity contribution in [3.8, 4) is 29.5 Å². The van der Waals surface area contributed by atoms with E-state index < -0.39 is 5.60 Å². The van der Waals surface area contributed by atoms with Crippen LogP contribution < -0.4 is 4.74 Å². The third kappa shape index (κ3) is 4.18. The van der Waals surface area contributed by atoms with Crippen LogP contribution >= 0.6 is 0 Å². The molecule has 34 heavy (non-hydrogen) atoms. The van der Waals surface area contributed by atoms with Gasteiger partial charge in [0.2, 0.25) is 5.88 Å². The van der Waals surface area contributed by atoms with Crippen LogP contribution in [-0.4, -0.2) is 15.7 Å². The molecule has 2 aliphatic rings. The van der Waals surface area contributed by atoms with Crippen LogP contribution in [0.4, 0.5) is 0 Å². The number of aliphatic hydroxyl groups is 1. The normalized spacial score (nSPS) is 25.1. The maximum atomic E-state index is 11.2. The van der Waals surface area contributed by atoms with Gasteiger partial charge in [-0.1, -0.05) is 48.4 Å². The molecule has 1 heterocycles. The molecule has 1 saturated carbocycles. The van der Waals surface area contributed by atoms with E-state index >= 15 is 0 Å². The topological polar surface area (TPSA) is 66.1 Å². The summed E-state index contributed by atoms with van der Waals surface area (Å²) in [6, 6.07) is 24.3. The number of pyridine rings is 1. The lowest BCUT2D eigenvalue weighted by atomic mass is 9.52. The minimum atomic E-state index is -0.891. The van der Waals surface area contributed by atoms with Crippen molar-refractivity contribution in [1.29, 1.82) is 5.26 Å². The number of benzene rings is 2. The van der Waals surface area contributed by atoms with Crippen LogP contribution in [0.25, 0.3) is 0 Å². The van der Waals surface area contributed by atoms with Crippen molar-refractivity contribution < 1.29 is 9.84 Å². The highest BCUT2D eigenvalue weighted by Crippen LogP contribution is 2.54. The molecule has 2 aromatic carbocycles. The van der Waals surface area contributed by atoms with Crippen molar-refractivity contribution in [3.63, 3.8) is 0 Å². The summed E-state index contributed by atoms with van der Waals surface area (Å²) in [6.45, 7) is 1.81. The first-order valence-electron chi connectivity index (χ1n) is 11.9. The van der Waals surface area contributed by atoms with Gasteiger partial charge in [0.15, 0.2) is 0 Å². The SMILES string of the molecule is CC#CC1(O)CCC2(Cc3ccccc3)c3ccc(Oc4cccc(C#N)n4)cc3CCC2C1. The average molecular weight is 449 g/mol. The monoisotopic (exact) mass is 448 g/mol. The minimum Gasteiger partial charge on any atom is -0.439 e. The fourth-order valence-corrected chi connectivity index (χ4v) is 6.02. The van der Waals surface area contributed by atoms with Crippen molar-refractivity contribution in [2.24, 2.45) is 5.92 Å². The van der Waals surface area contributed by atoms with E-state index in [9.17, 15) is 5.11 Å². The molecule has 1 fully saturated rings. The van der Waals surface area contributed by atoms with E-state index in [4.69, 9.17) is 10.00 Å². The standard InChI is InChI=1S/C30H28N2O2/c1-2-15-29(33)16-17-30(19-22-7-4-3-5-8-22)24(20-29)12-11-23-18-26(13-14-27(23)30)34-28-10-6-9-25(21-31)32-28/h3-10,13-14,18,24,33H,11-12,16-17,19-20H2,1H3. The number of rotatable bonds is 4. The second-order valence-corrected chi connectivity index (χ2v) is 9.56. The Labute approximate surface area is 201 Å². The van der Waals surface area contributed by atoms with Gasteiger partial charge in [0.05, 0.1) is 0 Å². The van der Waals surface area contributed by atoms with Gasteiger partial charge < -0.3 is 9.84 Å². The Morgan fingerprint density at radius 3 is 2.74 bits per heavy atom. The zero-order chi connectivity index (χ0) is 23.6. The zero-order valence-corrected chi connectivity index (χ0v) is 19.4. The van der Waals surface area contributed by atoms with Gasteiger partial charge in [-0.05, 0) is 86.3 Å². The van der Waals surface area contributed by atoms with E-state index in [1.165, 1.54) is 16.7 Å². The zero-order valence-electron chi connectivity index (χ0n) is 19.4. The Hall–Kier alpha value is -3.60. The van der Waals surface area contributed by atoms with Gasteiger partial charge in [0.25, 0.3) is 0 Å². The smallest absolute Gasteiger partial charge is 0.220 e. The predicted octanol–water partition coefficient (Wildman–Crippen LogP) is 5.73. The second kappa shape index (κ2) is 8.98. The third-order valence-corrected chi connectivity index (χ3v) is 7.51. The number of fused-ring (bicyclic) bond motifs is 3. The molecule has 0 amide bonds. The van der Waals surface area contributed by atoms with Crippen LogP contribution in [0.1, 0.15) is 55.0 Å². The van der Waals surface area contributed by atoms with Crippen molar-refractivity contribution in [3.05, 3.63) is 89.1 Å². The van der Waals surface area contributed by atoms with Crippen LogP contribution in [0, 0.1) is 29.1 Å². The summed E-state index contributed by atoms with van der Waals surface area (Å²) in [4.78, 5) is 4.24. The molecule has 0 aliphatic heterocycles. The number of hydrogen-bond donors (Lipinski definition) is 1. The van der Waals surface area contributed by atoms with Gasteiger partial charge in [0.1, 0.15) is 23.1 Å². The van der Waals surface area contributed by atoms with E-state index in [-0.39, 0.29) is 5.41 Å². The summed E-state index contributed by atoms with van der Waals surface area (Å²) in [5, 5.41) is 20.3. The van der Waals surface area contributed by atoms with Gasteiger partial charge in [-0.15, -0.1) is 5.92 Å². The Balaban J connectivity index is 1.51. The lowest BCUT2D eigenvalue weighted by Crippen LogP contribution is -2.50. The van der Waals surface area contributed by atoms with E-state index in [2.05, 4.69) is 65.4 Å². The number of aryl methyl sites for hydroxylation is 1. The quantitative estimate of drug-likeness (QED) is 0.518. The second-order valence-electron chi connectivity index (χ2n) is 9.56. The van der Waals surface area contributed by atoms with Gasteiger partial charge in [-0.2, -0.15) is 5.26 Å². The molecule has 1 aromatic heterocycles. The van der Waals surface area contributed by atoms with Crippen LogP contribution in [0.15, 0.2) is 66.7 Å². The van der Waals surface area contributed by atoms with E-state index in [1.807, 2.05) is 13.0 Å². The Kier molecular flexibility index (Phi) is 5.86. The first-order valence-corrected chi connectivity index (χ1v) is 11.9. The molecule has 4 nitrogen and oxygen atoms in total. The molecule has 3 atom stereocenters. The van der Waals surface area contributed by atoms with Gasteiger partial charge in [-0.25, -0.2) is 4.98 Å². The molecule has 3 unspecified atom stereocenters. The predicted molar refractivity (Wildman–Crippen MR) is 131 cm³/mol. The minimum absolute atomic E-state index is 0.0336. The van der Waals surface area contributed by atoms with E-state index in [0.29, 0.717) is 30.3 Å². The molecular weight excluding hydrogens is 420 g/mol. The first-order chi connectivity index (χ1) is 16.5. The average Bonchev–Trinajstić information content (AvgIpc) is 2.85. The fraction of sp³-hybridized carbons (Fsp3) is 0.333. The molecule has 2 aliphatic carbocycles. The van der Waals surface area contributed by atoms with Crippen LogP contribution in [0.5, 0.6) is 11.6 Å². The molecule has 5 rings (SSSR count). The number of nitriles is 1. The van der Waals surface area contributed by atoms with Gasteiger partial charge in [-0.3, -0.25) is 0 Å². The highest BCUT2D eigenvalue weighted by Gasteiger charge is 2.51. The largest absolute Gasteiger partial charge is 0.439 e. The summed E-state index contributed by atoms with van der Waals surface area (Å²) < 4.78 is 6.02. The van der Waals surface area contributed by atoms with Gasteiger partial charge >= 0.3 is 0 Å². The van der Waals surface area contributed by atoms with Crippen LogP contribution in [0.2, 0.25) is 0 Å². The third-order valence-electron chi connectivity index (χ3n) is 7.51. The summed E-state index contributed by atoms with van der Waals surface area (Å²) in [6.07, 6.45) is 5.20. The van der Waals surface area contributed by atoms with E-state index in [1.54, 1.807) is 18.2 Å². The number of aromatic nitrogens is 1. The first kappa shape index (κ1) is 22.2. The maximum Gasteiger partial charge on any atom is 0.220 e. The molecule has 170 valence electrons. The Bertz CT molecular complexity index is 1300. The molecule has 0 radical (unpaired) electrons. The molecular formula is C30H28N2O2. The summed E-state index contributed by atoms with van der Waals surface area (Å²) >= 11 is 0. The Morgan fingerprint density at radius 1 is 1.09 bits per heavy atom. The molecule has 3 aromatic rings. The summed E-state index contributed by atoms with van der Waals surface area (Å²) in [5.74, 6) is 7.57. The van der Waals surface area contributed by atoms with Gasteiger partial charge in [0, 0.05) is 11.5 Å². The van der Waals surface area contributed by atoms with Crippen LogP contribution in [-0.2, 0) is 18.3 Å². The summed E-state index contributed by atoms with van der Waals surface area (Å²) in [5.41, 5.74) is 3.40. The van der Waals surface area contributed by atoms with Crippen molar-refractivity contribution in [2.75, 3.05) is 0 Å². The number of ether oxygens (including phenoxy) is 1. The van der Waals surface area contributed by atoms with Crippen molar-refractivity contribution in [2.45, 2.75) is 56.5 Å². The molecule has 0 saturated heterocycles. The molecule has 4 heteroatoms. The number of hydrogen-bond acceptors (Lipinski definition) is 4. The molecule has 0 spiro atoms. The lowest BCUT2D eigenvalue weighted by molar-refractivity contribution is -0.00804.